The zero-order valence-electron chi connectivity index (χ0n) is 8.41. The van der Waals surface area contributed by atoms with Gasteiger partial charge in [-0.2, -0.15) is 0 Å². The fourth-order valence-corrected chi connectivity index (χ4v) is 3.41. The van der Waals surface area contributed by atoms with Crippen molar-refractivity contribution in [2.24, 2.45) is 0 Å². The van der Waals surface area contributed by atoms with Crippen molar-refractivity contribution in [1.82, 2.24) is 4.98 Å². The number of ketones is 1. The van der Waals surface area contributed by atoms with E-state index >= 15 is 0 Å². The van der Waals surface area contributed by atoms with Gasteiger partial charge in [-0.1, -0.05) is 0 Å². The summed E-state index contributed by atoms with van der Waals surface area (Å²) in [5.41, 5.74) is -0.268. The minimum Gasteiger partial charge on any atom is -0.475 e. The molecule has 92 valence electrons. The second-order valence-corrected chi connectivity index (χ2v) is 6.34. The van der Waals surface area contributed by atoms with Crippen molar-refractivity contribution < 1.29 is 23.1 Å². The maximum atomic E-state index is 11.5. The van der Waals surface area contributed by atoms with Gasteiger partial charge in [0.2, 0.25) is 10.0 Å². The molecule has 0 aromatic carbocycles. The van der Waals surface area contributed by atoms with Crippen LogP contribution in [0.3, 0.4) is 0 Å². The Morgan fingerprint density at radius 1 is 1.47 bits per heavy atom. The lowest BCUT2D eigenvalue weighted by atomic mass is 10.3. The van der Waals surface area contributed by atoms with Crippen molar-refractivity contribution in [2.45, 2.75) is 18.1 Å². The van der Waals surface area contributed by atoms with E-state index in [2.05, 4.69) is 9.71 Å². The van der Waals surface area contributed by atoms with Crippen LogP contribution < -0.4 is 4.72 Å². The van der Waals surface area contributed by atoms with Gasteiger partial charge in [0.1, 0.15) is 5.69 Å². The number of carbonyl (C=O) groups excluding carboxylic acids is 1. The zero-order chi connectivity index (χ0) is 12.6. The van der Waals surface area contributed by atoms with Crippen molar-refractivity contribution in [3.8, 4) is 0 Å². The van der Waals surface area contributed by atoms with Gasteiger partial charge in [0.25, 0.3) is 5.78 Å². The molecule has 0 unspecified atom stereocenters. The van der Waals surface area contributed by atoms with E-state index in [0.29, 0.717) is 12.8 Å². The Kier molecular flexibility index (Phi) is 2.87. The third-order valence-corrected chi connectivity index (χ3v) is 4.84. The van der Waals surface area contributed by atoms with Crippen LogP contribution >= 0.6 is 11.3 Å². The highest BCUT2D eigenvalue weighted by Gasteiger charge is 2.36. The SMILES string of the molecule is O=C(O)C(=O)c1csc(NS(=O)(=O)C2CC2)n1. The summed E-state index contributed by atoms with van der Waals surface area (Å²) in [5, 5.41) is 9.28. The minimum atomic E-state index is -3.43. The van der Waals surface area contributed by atoms with Crippen LogP contribution in [0, 0.1) is 0 Å². The molecule has 1 aromatic rings. The summed E-state index contributed by atoms with van der Waals surface area (Å²) in [6.07, 6.45) is 1.23. The van der Waals surface area contributed by atoms with E-state index in [4.69, 9.17) is 5.11 Å². The highest BCUT2D eigenvalue weighted by Crippen LogP contribution is 2.30. The topological polar surface area (TPSA) is 113 Å². The number of rotatable bonds is 5. The summed E-state index contributed by atoms with van der Waals surface area (Å²) in [5.74, 6) is -2.77. The highest BCUT2D eigenvalue weighted by atomic mass is 32.2. The summed E-state index contributed by atoms with van der Waals surface area (Å²) in [4.78, 5) is 25.1. The standard InChI is InChI=1S/C8H8N2O5S2/c11-6(7(12)13)5-3-16-8(9-5)10-17(14,15)4-1-2-4/h3-4H,1-2H2,(H,9,10)(H,12,13). The van der Waals surface area contributed by atoms with E-state index in [-0.39, 0.29) is 10.8 Å². The number of carboxylic acids is 1. The molecule has 1 aromatic heterocycles. The van der Waals surface area contributed by atoms with Crippen LogP contribution in [0.1, 0.15) is 23.3 Å². The molecular formula is C8H8N2O5S2. The molecule has 0 saturated heterocycles. The Hall–Kier alpha value is -1.48. The molecule has 1 heterocycles. The van der Waals surface area contributed by atoms with Gasteiger partial charge < -0.3 is 5.11 Å². The molecular weight excluding hydrogens is 268 g/mol. The Bertz CT molecular complexity index is 572. The Labute approximate surface area is 101 Å². The maximum Gasteiger partial charge on any atom is 0.378 e. The number of carboxylic acid groups (broad SMARTS) is 1. The monoisotopic (exact) mass is 276 g/mol. The van der Waals surface area contributed by atoms with Crippen molar-refractivity contribution in [3.63, 3.8) is 0 Å². The largest absolute Gasteiger partial charge is 0.475 e. The highest BCUT2D eigenvalue weighted by molar-refractivity contribution is 7.93. The summed E-state index contributed by atoms with van der Waals surface area (Å²) in [7, 11) is -3.43. The zero-order valence-corrected chi connectivity index (χ0v) is 10.0. The fourth-order valence-electron chi connectivity index (χ4n) is 1.12. The normalized spacial score (nSPS) is 15.5. The van der Waals surface area contributed by atoms with E-state index in [1.165, 1.54) is 5.38 Å². The molecule has 0 amide bonds. The summed E-state index contributed by atoms with van der Waals surface area (Å²) < 4.78 is 25.3. The molecule has 1 fully saturated rings. The first-order valence-corrected chi connectivity index (χ1v) is 7.07. The molecule has 0 atom stereocenters. The Morgan fingerprint density at radius 3 is 2.65 bits per heavy atom. The lowest BCUT2D eigenvalue weighted by Crippen LogP contribution is -2.18. The average Bonchev–Trinajstić information content (AvgIpc) is 3.00. The van der Waals surface area contributed by atoms with E-state index < -0.39 is 27.0 Å². The van der Waals surface area contributed by atoms with Crippen LogP contribution in [-0.2, 0) is 14.8 Å². The summed E-state index contributed by atoms with van der Waals surface area (Å²) in [6, 6.07) is 0. The number of aromatic nitrogens is 1. The minimum absolute atomic E-state index is 0.0153. The number of hydrogen-bond acceptors (Lipinski definition) is 6. The lowest BCUT2D eigenvalue weighted by molar-refractivity contribution is -0.131. The molecule has 1 aliphatic rings. The molecule has 7 nitrogen and oxygen atoms in total. The van der Waals surface area contributed by atoms with Gasteiger partial charge in [-0.3, -0.25) is 9.52 Å². The van der Waals surface area contributed by atoms with Gasteiger partial charge in [0.05, 0.1) is 5.25 Å². The van der Waals surface area contributed by atoms with Crippen LogP contribution in [0.5, 0.6) is 0 Å². The average molecular weight is 276 g/mol. The molecule has 0 spiro atoms. The maximum absolute atomic E-state index is 11.5. The number of nitrogens with one attached hydrogen (secondary N) is 1. The third-order valence-electron chi connectivity index (χ3n) is 2.12. The first-order valence-electron chi connectivity index (χ1n) is 4.65. The van der Waals surface area contributed by atoms with Crippen molar-refractivity contribution >= 4 is 38.2 Å². The number of nitrogens with zero attached hydrogens (tertiary/aromatic N) is 1. The smallest absolute Gasteiger partial charge is 0.378 e. The lowest BCUT2D eigenvalue weighted by Gasteiger charge is -2.01. The van der Waals surface area contributed by atoms with Gasteiger partial charge in [0.15, 0.2) is 5.13 Å². The van der Waals surface area contributed by atoms with E-state index in [1.807, 2.05) is 0 Å². The third kappa shape index (κ3) is 2.61. The van der Waals surface area contributed by atoms with Gasteiger partial charge in [-0.25, -0.2) is 18.2 Å². The quantitative estimate of drug-likeness (QED) is 0.591. The number of aliphatic carboxylic acids is 1. The summed E-state index contributed by atoms with van der Waals surface area (Å²) >= 11 is 0.882. The Balaban J connectivity index is 2.14. The first-order chi connectivity index (χ1) is 7.90. The number of Topliss-reactive ketones (excluding diaryl/α,β-unsaturated/α-hetero) is 1. The van der Waals surface area contributed by atoms with E-state index in [1.54, 1.807) is 0 Å². The Morgan fingerprint density at radius 2 is 2.12 bits per heavy atom. The number of sulfonamides is 1. The number of hydrogen-bond donors (Lipinski definition) is 2. The molecule has 0 radical (unpaired) electrons. The number of carbonyl (C=O) groups is 2. The predicted octanol–water partition coefficient (Wildman–Crippen LogP) is 0.315. The second kappa shape index (κ2) is 4.08. The first kappa shape index (κ1) is 12.0. The number of thiazole rings is 1. The van der Waals surface area contributed by atoms with Crippen molar-refractivity contribution in [1.29, 1.82) is 0 Å². The molecule has 1 aliphatic carbocycles. The molecule has 2 rings (SSSR count). The van der Waals surface area contributed by atoms with Crippen LogP contribution in [0.2, 0.25) is 0 Å². The van der Waals surface area contributed by atoms with Crippen LogP contribution in [0.4, 0.5) is 5.13 Å². The second-order valence-electron chi connectivity index (χ2n) is 3.52. The van der Waals surface area contributed by atoms with Gasteiger partial charge in [-0.15, -0.1) is 11.3 Å². The van der Waals surface area contributed by atoms with E-state index in [0.717, 1.165) is 11.3 Å². The predicted molar refractivity (Wildman–Crippen MR) is 59.6 cm³/mol. The molecule has 1 saturated carbocycles. The van der Waals surface area contributed by atoms with Crippen molar-refractivity contribution in [3.05, 3.63) is 11.1 Å². The van der Waals surface area contributed by atoms with E-state index in [9.17, 15) is 18.0 Å². The molecule has 0 aliphatic heterocycles. The molecule has 0 bridgehead atoms. The molecule has 17 heavy (non-hydrogen) atoms. The van der Waals surface area contributed by atoms with Crippen LogP contribution in [-0.4, -0.2) is 35.5 Å². The van der Waals surface area contributed by atoms with Crippen molar-refractivity contribution in [2.75, 3.05) is 4.72 Å². The van der Waals surface area contributed by atoms with Gasteiger partial charge >= 0.3 is 5.97 Å². The summed E-state index contributed by atoms with van der Waals surface area (Å²) in [6.45, 7) is 0. The van der Waals surface area contributed by atoms with Crippen LogP contribution in [0.25, 0.3) is 0 Å². The molecule has 9 heteroatoms. The van der Waals surface area contributed by atoms with Gasteiger partial charge in [-0.05, 0) is 12.8 Å². The number of anilines is 1. The molecule has 2 N–H and O–H groups in total. The fraction of sp³-hybridized carbons (Fsp3) is 0.375. The van der Waals surface area contributed by atoms with Crippen LogP contribution in [0.15, 0.2) is 5.38 Å². The van der Waals surface area contributed by atoms with Gasteiger partial charge in [0, 0.05) is 5.38 Å².